The van der Waals surface area contributed by atoms with Crippen molar-refractivity contribution < 1.29 is 4.92 Å². The molecule has 0 aliphatic carbocycles. The van der Waals surface area contributed by atoms with Crippen molar-refractivity contribution in [2.24, 2.45) is 0 Å². The first-order valence-electron chi connectivity index (χ1n) is 3.75. The minimum Gasteiger partial charge on any atom is -0.358 e. The maximum atomic E-state index is 10.6. The van der Waals surface area contributed by atoms with E-state index in [9.17, 15) is 10.1 Å². The first-order valence-corrected chi connectivity index (χ1v) is 3.75. The first-order chi connectivity index (χ1) is 6.79. The summed E-state index contributed by atoms with van der Waals surface area (Å²) < 4.78 is 0. The van der Waals surface area contributed by atoms with Gasteiger partial charge < -0.3 is 10.1 Å². The van der Waals surface area contributed by atoms with E-state index in [0.717, 1.165) is 4.80 Å². The van der Waals surface area contributed by atoms with E-state index in [1.807, 2.05) is 0 Å². The lowest BCUT2D eigenvalue weighted by Crippen LogP contribution is -2.04. The summed E-state index contributed by atoms with van der Waals surface area (Å²) in [4.78, 5) is 14.8. The third kappa shape index (κ3) is 1.30. The highest BCUT2D eigenvalue weighted by atomic mass is 16.6. The van der Waals surface area contributed by atoms with E-state index >= 15 is 0 Å². The molecule has 2 aromatic rings. The zero-order valence-corrected chi connectivity index (χ0v) is 6.94. The number of aromatic nitrogens is 4. The monoisotopic (exact) mass is 191 g/mol. The molecule has 0 aliphatic heterocycles. The van der Waals surface area contributed by atoms with E-state index in [1.165, 1.54) is 24.7 Å². The second kappa shape index (κ2) is 3.21. The summed E-state index contributed by atoms with van der Waals surface area (Å²) in [5.41, 5.74) is 0.252. The van der Waals surface area contributed by atoms with Crippen LogP contribution in [0.3, 0.4) is 0 Å². The predicted molar refractivity (Wildman–Crippen MR) is 45.8 cm³/mol. The van der Waals surface area contributed by atoms with Gasteiger partial charge in [-0.25, -0.2) is 0 Å². The average Bonchev–Trinajstić information content (AvgIpc) is 2.70. The lowest BCUT2D eigenvalue weighted by Gasteiger charge is -1.98. The maximum absolute atomic E-state index is 10.6. The van der Waals surface area contributed by atoms with Gasteiger partial charge in [-0.3, -0.25) is 0 Å². The van der Waals surface area contributed by atoms with Gasteiger partial charge in [0.05, 0.1) is 12.4 Å². The molecular weight excluding hydrogens is 186 g/mol. The van der Waals surface area contributed by atoms with Crippen LogP contribution in [0.5, 0.6) is 0 Å². The fraction of sp³-hybridized carbons (Fsp3) is 0. The fourth-order valence-electron chi connectivity index (χ4n) is 1.03. The van der Waals surface area contributed by atoms with Crippen LogP contribution in [0.4, 0.5) is 5.82 Å². The Morgan fingerprint density at radius 1 is 1.29 bits per heavy atom. The smallest absolute Gasteiger partial charge is 0.358 e. The molecule has 2 heterocycles. The topological polar surface area (TPSA) is 86.7 Å². The molecule has 0 fully saturated rings. The van der Waals surface area contributed by atoms with Gasteiger partial charge in [-0.05, 0) is 22.0 Å². The van der Waals surface area contributed by atoms with E-state index in [0.29, 0.717) is 0 Å². The standard InChI is InChI=1S/C7H5N5O2/c13-12(14)7-6(2-1-3-8-7)11-9-4-5-10-11/h1-5H. The quantitative estimate of drug-likeness (QED) is 0.511. The van der Waals surface area contributed by atoms with E-state index in [4.69, 9.17) is 0 Å². The highest BCUT2D eigenvalue weighted by Gasteiger charge is 2.16. The number of hydrogen-bond acceptors (Lipinski definition) is 5. The summed E-state index contributed by atoms with van der Waals surface area (Å²) in [5, 5.41) is 18.2. The molecule has 0 amide bonds. The van der Waals surface area contributed by atoms with Crippen molar-refractivity contribution in [1.29, 1.82) is 0 Å². The van der Waals surface area contributed by atoms with Crippen molar-refractivity contribution in [3.63, 3.8) is 0 Å². The third-order valence-corrected chi connectivity index (χ3v) is 1.57. The van der Waals surface area contributed by atoms with Gasteiger partial charge in [0.25, 0.3) is 0 Å². The minimum atomic E-state index is -0.571. The zero-order chi connectivity index (χ0) is 9.97. The van der Waals surface area contributed by atoms with E-state index < -0.39 is 4.92 Å². The SMILES string of the molecule is O=[N+]([O-])c1ncccc1-n1nccn1. The van der Waals surface area contributed by atoms with Crippen LogP contribution in [0.25, 0.3) is 5.69 Å². The molecule has 0 radical (unpaired) electrons. The molecule has 7 heteroatoms. The Hall–Kier alpha value is -2.31. The molecule has 0 unspecified atom stereocenters. The number of nitrogens with zero attached hydrogens (tertiary/aromatic N) is 5. The van der Waals surface area contributed by atoms with Crippen molar-refractivity contribution in [2.75, 3.05) is 0 Å². The molecule has 0 bridgehead atoms. The molecule has 0 aromatic carbocycles. The Morgan fingerprint density at radius 3 is 2.64 bits per heavy atom. The lowest BCUT2D eigenvalue weighted by atomic mass is 10.4. The van der Waals surface area contributed by atoms with Gasteiger partial charge in [-0.2, -0.15) is 10.2 Å². The second-order valence-corrected chi connectivity index (χ2v) is 2.42. The summed E-state index contributed by atoms with van der Waals surface area (Å²) in [5.74, 6) is -0.260. The van der Waals surface area contributed by atoms with Gasteiger partial charge in [-0.1, -0.05) is 0 Å². The van der Waals surface area contributed by atoms with Gasteiger partial charge >= 0.3 is 5.82 Å². The van der Waals surface area contributed by atoms with E-state index in [-0.39, 0.29) is 11.5 Å². The van der Waals surface area contributed by atoms with Crippen molar-refractivity contribution in [2.45, 2.75) is 0 Å². The van der Waals surface area contributed by atoms with Crippen LogP contribution in [-0.4, -0.2) is 24.9 Å². The molecule has 0 atom stereocenters. The number of hydrogen-bond donors (Lipinski definition) is 0. The number of pyridine rings is 1. The molecule has 14 heavy (non-hydrogen) atoms. The highest BCUT2D eigenvalue weighted by Crippen LogP contribution is 2.16. The molecule has 2 rings (SSSR count). The van der Waals surface area contributed by atoms with E-state index in [2.05, 4.69) is 15.2 Å². The van der Waals surface area contributed by atoms with Crippen LogP contribution in [0.2, 0.25) is 0 Å². The molecule has 0 spiro atoms. The second-order valence-electron chi connectivity index (χ2n) is 2.42. The van der Waals surface area contributed by atoms with Gasteiger partial charge in [0, 0.05) is 0 Å². The van der Waals surface area contributed by atoms with Crippen molar-refractivity contribution in [3.8, 4) is 5.69 Å². The highest BCUT2D eigenvalue weighted by molar-refractivity contribution is 5.44. The lowest BCUT2D eigenvalue weighted by molar-refractivity contribution is -0.389. The van der Waals surface area contributed by atoms with Gasteiger partial charge in [0.15, 0.2) is 5.69 Å². The molecule has 0 saturated carbocycles. The summed E-state index contributed by atoms with van der Waals surface area (Å²) in [6, 6.07) is 3.12. The molecular formula is C7H5N5O2. The summed E-state index contributed by atoms with van der Waals surface area (Å²) in [6.45, 7) is 0. The molecule has 7 nitrogen and oxygen atoms in total. The number of nitro groups is 1. The van der Waals surface area contributed by atoms with Crippen LogP contribution in [0.15, 0.2) is 30.7 Å². The Bertz CT molecular complexity index is 453. The van der Waals surface area contributed by atoms with Gasteiger partial charge in [0.1, 0.15) is 6.20 Å². The Labute approximate surface area is 78.2 Å². The van der Waals surface area contributed by atoms with Crippen LogP contribution >= 0.6 is 0 Å². The van der Waals surface area contributed by atoms with Crippen molar-refractivity contribution in [1.82, 2.24) is 20.0 Å². The fourth-order valence-corrected chi connectivity index (χ4v) is 1.03. The van der Waals surface area contributed by atoms with Crippen LogP contribution < -0.4 is 0 Å². The summed E-state index contributed by atoms with van der Waals surface area (Å²) in [6.07, 6.45) is 4.23. The third-order valence-electron chi connectivity index (χ3n) is 1.57. The van der Waals surface area contributed by atoms with E-state index in [1.54, 1.807) is 6.07 Å². The molecule has 0 saturated heterocycles. The molecule has 70 valence electrons. The Balaban J connectivity index is 2.58. The summed E-state index contributed by atoms with van der Waals surface area (Å²) in [7, 11) is 0. The largest absolute Gasteiger partial charge is 0.391 e. The predicted octanol–water partition coefficient (Wildman–Crippen LogP) is 0.570. The molecule has 0 aliphatic rings. The average molecular weight is 191 g/mol. The molecule has 2 aromatic heterocycles. The van der Waals surface area contributed by atoms with Crippen LogP contribution in [-0.2, 0) is 0 Å². The van der Waals surface area contributed by atoms with Crippen LogP contribution in [0.1, 0.15) is 0 Å². The maximum Gasteiger partial charge on any atom is 0.391 e. The number of rotatable bonds is 2. The van der Waals surface area contributed by atoms with Gasteiger partial charge in [0.2, 0.25) is 0 Å². The normalized spacial score (nSPS) is 10.0. The Morgan fingerprint density at radius 2 is 2.00 bits per heavy atom. The van der Waals surface area contributed by atoms with Crippen molar-refractivity contribution in [3.05, 3.63) is 40.8 Å². The molecule has 0 N–H and O–H groups in total. The zero-order valence-electron chi connectivity index (χ0n) is 6.94. The Kier molecular flexibility index (Phi) is 1.90. The first kappa shape index (κ1) is 8.30. The van der Waals surface area contributed by atoms with Crippen LogP contribution in [0, 0.1) is 10.1 Å². The summed E-state index contributed by atoms with van der Waals surface area (Å²) >= 11 is 0. The van der Waals surface area contributed by atoms with Crippen molar-refractivity contribution >= 4 is 5.82 Å². The minimum absolute atomic E-state index is 0.252. The van der Waals surface area contributed by atoms with Gasteiger partial charge in [-0.15, -0.1) is 4.80 Å².